The minimum Gasteiger partial charge on any atom is -0.508 e. The van der Waals surface area contributed by atoms with Crippen LogP contribution in [0.3, 0.4) is 0 Å². The predicted molar refractivity (Wildman–Crippen MR) is 214 cm³/mol. The molecular weight excluding hydrogens is 842 g/mol. The Kier molecular flexibility index (Phi) is 23.9. The molecule has 0 aromatic heterocycles. The van der Waals surface area contributed by atoms with Gasteiger partial charge in [0.25, 0.3) is 0 Å². The Bertz CT molecular complexity index is 1800. The van der Waals surface area contributed by atoms with Gasteiger partial charge < -0.3 is 79.7 Å². The van der Waals surface area contributed by atoms with Gasteiger partial charge in [0.05, 0.1) is 31.7 Å². The Labute approximate surface area is 359 Å². The van der Waals surface area contributed by atoms with Crippen molar-refractivity contribution < 1.29 is 83.4 Å². The van der Waals surface area contributed by atoms with Gasteiger partial charge in [-0.1, -0.05) is 12.1 Å². The molecule has 0 heterocycles. The van der Waals surface area contributed by atoms with Gasteiger partial charge in [-0.25, -0.2) is 4.79 Å². The van der Waals surface area contributed by atoms with E-state index < -0.39 is 133 Å². The summed E-state index contributed by atoms with van der Waals surface area (Å²) in [4.78, 5) is 138. The van der Waals surface area contributed by atoms with Crippen LogP contribution < -0.4 is 49.1 Å². The maximum absolute atomic E-state index is 13.5. The Hall–Kier alpha value is -6.93. The summed E-state index contributed by atoms with van der Waals surface area (Å²) in [6.07, 6.45) is -3.86. The summed E-state index contributed by atoms with van der Waals surface area (Å²) >= 11 is 0. The van der Waals surface area contributed by atoms with Crippen molar-refractivity contribution in [1.82, 2.24) is 31.9 Å². The van der Waals surface area contributed by atoms with Gasteiger partial charge in [-0.2, -0.15) is 0 Å². The number of benzene rings is 1. The van der Waals surface area contributed by atoms with Crippen molar-refractivity contribution in [1.29, 1.82) is 0 Å². The first kappa shape index (κ1) is 54.1. The third kappa shape index (κ3) is 21.4. The first-order valence-electron chi connectivity index (χ1n) is 19.4. The lowest BCUT2D eigenvalue weighted by Gasteiger charge is -2.26. The number of nitrogens with two attached hydrogens (primary N) is 3. The number of hydrogen-bond donors (Lipinski definition) is 15. The molecule has 0 unspecified atom stereocenters. The van der Waals surface area contributed by atoms with E-state index in [4.69, 9.17) is 17.2 Å². The maximum Gasteiger partial charge on any atom is 0.326 e. The Morgan fingerprint density at radius 2 is 0.746 bits per heavy atom. The first-order chi connectivity index (χ1) is 29.6. The molecule has 1 aromatic carbocycles. The molecule has 0 spiro atoms. The topological polar surface area (TPSA) is 459 Å². The summed E-state index contributed by atoms with van der Waals surface area (Å²) in [6.45, 7) is 0.389. The van der Waals surface area contributed by atoms with Crippen LogP contribution >= 0.6 is 0 Å². The number of carboxylic acid groups (broad SMARTS) is 5. The molecule has 0 aliphatic heterocycles. The average Bonchev–Trinajstić information content (AvgIpc) is 3.18. The van der Waals surface area contributed by atoms with Gasteiger partial charge >= 0.3 is 29.8 Å². The van der Waals surface area contributed by atoms with Crippen LogP contribution in [0.4, 0.5) is 0 Å². The van der Waals surface area contributed by atoms with Crippen LogP contribution in [-0.4, -0.2) is 151 Å². The van der Waals surface area contributed by atoms with E-state index in [-0.39, 0.29) is 50.9 Å². The van der Waals surface area contributed by atoms with Gasteiger partial charge in [-0.05, 0) is 75.7 Å². The molecule has 18 N–H and O–H groups in total. The SMILES string of the molecule is NCCCC[C@H](NC(=O)[C@H](CC(=O)O)NC(=O)[C@H](CC(=O)O)NC(=O)[C@H](CC(=O)O)NC(=O)[C@H](CC(=O)O)NC(=O)[C@H](CCCCN)NC(=O)[C@@H](N)Cc1ccc(O)cc1)C(=O)O. The van der Waals surface area contributed by atoms with E-state index in [2.05, 4.69) is 16.0 Å². The van der Waals surface area contributed by atoms with E-state index in [1.165, 1.54) is 24.3 Å². The van der Waals surface area contributed by atoms with Crippen LogP contribution in [-0.2, 0) is 59.2 Å². The molecule has 1 rings (SSSR count). The van der Waals surface area contributed by atoms with E-state index in [1.807, 2.05) is 16.0 Å². The number of amides is 6. The van der Waals surface area contributed by atoms with Crippen molar-refractivity contribution in [3.8, 4) is 5.75 Å². The highest BCUT2D eigenvalue weighted by Gasteiger charge is 2.36. The lowest BCUT2D eigenvalue weighted by molar-refractivity contribution is -0.145. The number of aliphatic carboxylic acids is 5. The first-order valence-corrected chi connectivity index (χ1v) is 19.4. The lowest BCUT2D eigenvalue weighted by atomic mass is 10.0. The van der Waals surface area contributed by atoms with Crippen LogP contribution in [0.15, 0.2) is 24.3 Å². The minimum atomic E-state index is -2.20. The summed E-state index contributed by atoms with van der Waals surface area (Å²) in [5.41, 5.74) is 17.5. The number of aromatic hydroxyl groups is 1. The van der Waals surface area contributed by atoms with Gasteiger partial charge in [0.2, 0.25) is 35.4 Å². The fraction of sp³-hybridized carbons (Fsp3) is 0.541. The summed E-state index contributed by atoms with van der Waals surface area (Å²) in [5, 5.41) is 69.3. The zero-order chi connectivity index (χ0) is 47.8. The van der Waals surface area contributed by atoms with E-state index in [0.717, 1.165) is 0 Å². The van der Waals surface area contributed by atoms with E-state index in [0.29, 0.717) is 18.4 Å². The van der Waals surface area contributed by atoms with Gasteiger partial charge in [-0.15, -0.1) is 0 Å². The van der Waals surface area contributed by atoms with Crippen molar-refractivity contribution in [3.63, 3.8) is 0 Å². The third-order valence-electron chi connectivity index (χ3n) is 8.92. The molecule has 26 heteroatoms. The highest BCUT2D eigenvalue weighted by Crippen LogP contribution is 2.12. The molecule has 0 saturated heterocycles. The molecule has 0 saturated carbocycles. The molecule has 7 atom stereocenters. The van der Waals surface area contributed by atoms with E-state index >= 15 is 0 Å². The number of phenols is 1. The smallest absolute Gasteiger partial charge is 0.326 e. The van der Waals surface area contributed by atoms with Crippen LogP contribution in [0, 0.1) is 0 Å². The van der Waals surface area contributed by atoms with E-state index in [1.54, 1.807) is 0 Å². The van der Waals surface area contributed by atoms with Crippen molar-refractivity contribution >= 4 is 65.3 Å². The normalized spacial score (nSPS) is 14.1. The second-order valence-corrected chi connectivity index (χ2v) is 14.1. The van der Waals surface area contributed by atoms with Crippen LogP contribution in [0.5, 0.6) is 5.75 Å². The molecule has 1 aromatic rings. The molecule has 63 heavy (non-hydrogen) atoms. The molecule has 0 aliphatic carbocycles. The molecule has 0 radical (unpaired) electrons. The highest BCUT2D eigenvalue weighted by molar-refractivity contribution is 6.00. The maximum atomic E-state index is 13.5. The fourth-order valence-corrected chi connectivity index (χ4v) is 5.67. The number of rotatable bonds is 31. The molecule has 0 fully saturated rings. The molecule has 0 aliphatic rings. The third-order valence-corrected chi connectivity index (χ3v) is 8.92. The van der Waals surface area contributed by atoms with Crippen molar-refractivity contribution in [2.45, 2.75) is 113 Å². The summed E-state index contributed by atoms with van der Waals surface area (Å²) in [6, 6.07) is -6.93. The molecule has 6 amide bonds. The largest absolute Gasteiger partial charge is 0.508 e. The zero-order valence-corrected chi connectivity index (χ0v) is 33.9. The van der Waals surface area contributed by atoms with Crippen LogP contribution in [0.1, 0.15) is 69.8 Å². The zero-order valence-electron chi connectivity index (χ0n) is 33.9. The summed E-state index contributed by atoms with van der Waals surface area (Å²) < 4.78 is 0. The second kappa shape index (κ2) is 27.8. The number of carboxylic acids is 5. The summed E-state index contributed by atoms with van der Waals surface area (Å²) in [5.74, 6) is -16.1. The number of nitrogens with one attached hydrogen (secondary N) is 6. The highest BCUT2D eigenvalue weighted by atomic mass is 16.4. The second-order valence-electron chi connectivity index (χ2n) is 14.1. The quantitative estimate of drug-likeness (QED) is 0.0312. The molecular formula is C37H55N9O17. The number of carbonyl (C=O) groups is 11. The van der Waals surface area contributed by atoms with Gasteiger partial charge in [0.15, 0.2) is 0 Å². The monoisotopic (exact) mass is 897 g/mol. The Morgan fingerprint density at radius 1 is 0.444 bits per heavy atom. The fourth-order valence-electron chi connectivity index (χ4n) is 5.67. The number of hydrogen-bond acceptors (Lipinski definition) is 15. The Balaban J connectivity index is 3.32. The van der Waals surface area contributed by atoms with Gasteiger partial charge in [-0.3, -0.25) is 47.9 Å². The average molecular weight is 898 g/mol. The van der Waals surface area contributed by atoms with Crippen molar-refractivity contribution in [2.75, 3.05) is 13.1 Å². The molecule has 350 valence electrons. The minimum absolute atomic E-state index is 0.0310. The number of carbonyl (C=O) groups excluding carboxylic acids is 6. The van der Waals surface area contributed by atoms with E-state index in [9.17, 15) is 83.4 Å². The van der Waals surface area contributed by atoms with Crippen molar-refractivity contribution in [3.05, 3.63) is 29.8 Å². The van der Waals surface area contributed by atoms with Gasteiger partial charge in [0.1, 0.15) is 42.0 Å². The van der Waals surface area contributed by atoms with Crippen LogP contribution in [0.2, 0.25) is 0 Å². The molecule has 0 bridgehead atoms. The number of phenolic OH excluding ortho intramolecular Hbond substituents is 1. The Morgan fingerprint density at radius 3 is 1.06 bits per heavy atom. The summed E-state index contributed by atoms with van der Waals surface area (Å²) in [7, 11) is 0. The predicted octanol–water partition coefficient (Wildman–Crippen LogP) is -4.59. The molecule has 26 nitrogen and oxygen atoms in total. The van der Waals surface area contributed by atoms with Crippen molar-refractivity contribution in [2.24, 2.45) is 17.2 Å². The lowest BCUT2D eigenvalue weighted by Crippen LogP contribution is -2.60. The number of unbranched alkanes of at least 4 members (excludes halogenated alkanes) is 2. The standard InChI is InChI=1S/C37H55N9O17/c38-11-3-1-5-21(41-31(56)20(40)13-18-7-9-19(47)10-8-18)32(57)43-24(15-28(50)51)34(59)45-26(17-30(54)55)36(61)46-25(16-29(52)53)35(60)44-23(14-27(48)49)33(58)42-22(37(62)63)6-2-4-12-39/h7-10,20-26,47H,1-6,11-17,38-40H2,(H,41,56)(H,42,58)(H,43,57)(H,44,60)(H,45,59)(H,46,61)(H,48,49)(H,50,51)(H,52,53)(H,54,55)(H,62,63)/t20-,21-,22-,23-,24-,25-,26-/m0/s1. The van der Waals surface area contributed by atoms with Gasteiger partial charge in [0, 0.05) is 0 Å². The van der Waals surface area contributed by atoms with Crippen LogP contribution in [0.25, 0.3) is 0 Å².